The Morgan fingerprint density at radius 1 is 0.524 bits per heavy atom. The van der Waals surface area contributed by atoms with Crippen LogP contribution < -0.4 is 0 Å². The smallest absolute Gasteiger partial charge is 0.133 e. The van der Waals surface area contributed by atoms with Gasteiger partial charge in [0.25, 0.3) is 0 Å². The van der Waals surface area contributed by atoms with Crippen LogP contribution in [-0.4, -0.2) is 28.9 Å². The van der Waals surface area contributed by atoms with Crippen molar-refractivity contribution in [1.29, 1.82) is 0 Å². The Kier molecular flexibility index (Phi) is 10.2. The van der Waals surface area contributed by atoms with Crippen LogP contribution in [-0.2, 0) is 24.0 Å². The summed E-state index contributed by atoms with van der Waals surface area (Å²) in [6.07, 6.45) is 1.78. The van der Waals surface area contributed by atoms with Gasteiger partial charge in [-0.3, -0.25) is 19.2 Å². The van der Waals surface area contributed by atoms with E-state index in [1.807, 2.05) is 0 Å². The van der Waals surface area contributed by atoms with Gasteiger partial charge in [-0.15, -0.1) is 0 Å². The fourth-order valence-corrected chi connectivity index (χ4v) is 1.70. The predicted molar refractivity (Wildman–Crippen MR) is 77.9 cm³/mol. The minimum absolute atomic E-state index is 0.0399. The lowest BCUT2D eigenvalue weighted by atomic mass is 10.0. The van der Waals surface area contributed by atoms with Crippen molar-refractivity contribution in [3.8, 4) is 0 Å². The average molecular weight is 296 g/mol. The number of carbonyl (C=O) groups excluding carboxylic acids is 5. The molecular weight excluding hydrogens is 272 g/mol. The van der Waals surface area contributed by atoms with E-state index in [9.17, 15) is 24.0 Å². The fourth-order valence-electron chi connectivity index (χ4n) is 1.70. The third kappa shape index (κ3) is 11.8. The van der Waals surface area contributed by atoms with Crippen LogP contribution >= 0.6 is 0 Å². The first-order valence-corrected chi connectivity index (χ1v) is 7.41. The Labute approximate surface area is 125 Å². The molecule has 5 nitrogen and oxygen atoms in total. The maximum Gasteiger partial charge on any atom is 0.133 e. The van der Waals surface area contributed by atoms with Crippen LogP contribution in [0.3, 0.4) is 0 Å². The first-order valence-electron chi connectivity index (χ1n) is 7.41. The van der Waals surface area contributed by atoms with Gasteiger partial charge in [-0.2, -0.15) is 0 Å². The molecule has 0 aliphatic carbocycles. The lowest BCUT2D eigenvalue weighted by Gasteiger charge is -2.01. The van der Waals surface area contributed by atoms with Gasteiger partial charge < -0.3 is 4.79 Å². The first kappa shape index (κ1) is 19.4. The van der Waals surface area contributed by atoms with Gasteiger partial charge >= 0.3 is 0 Å². The van der Waals surface area contributed by atoms with Crippen molar-refractivity contribution in [2.75, 3.05) is 0 Å². The maximum atomic E-state index is 11.5. The van der Waals surface area contributed by atoms with Crippen molar-refractivity contribution in [2.24, 2.45) is 0 Å². The van der Waals surface area contributed by atoms with Gasteiger partial charge in [-0.25, -0.2) is 0 Å². The largest absolute Gasteiger partial charge is 0.300 e. The molecule has 0 heterocycles. The zero-order valence-electron chi connectivity index (χ0n) is 12.9. The highest BCUT2D eigenvalue weighted by molar-refractivity contribution is 5.91. The summed E-state index contributed by atoms with van der Waals surface area (Å²) in [5, 5.41) is 0. The summed E-state index contributed by atoms with van der Waals surface area (Å²) < 4.78 is 0. The summed E-state index contributed by atoms with van der Waals surface area (Å²) in [5.41, 5.74) is 0. The molecule has 0 atom stereocenters. The van der Waals surface area contributed by atoms with Gasteiger partial charge in [-0.1, -0.05) is 6.92 Å². The highest BCUT2D eigenvalue weighted by Crippen LogP contribution is 2.06. The summed E-state index contributed by atoms with van der Waals surface area (Å²) in [6.45, 7) is 3.17. The summed E-state index contributed by atoms with van der Waals surface area (Å²) in [5.74, 6) is -0.305. The average Bonchev–Trinajstić information content (AvgIpc) is 2.45. The lowest BCUT2D eigenvalue weighted by Crippen LogP contribution is -2.09. The molecule has 0 radical (unpaired) electrons. The second kappa shape index (κ2) is 11.1. The molecule has 0 spiro atoms. The minimum atomic E-state index is -0.124. The van der Waals surface area contributed by atoms with Crippen LogP contribution in [0, 0.1) is 0 Å². The van der Waals surface area contributed by atoms with Crippen LogP contribution in [0.1, 0.15) is 71.6 Å². The molecule has 0 fully saturated rings. The Hall–Kier alpha value is -1.65. The molecule has 0 bridgehead atoms. The Balaban J connectivity index is 3.75. The Morgan fingerprint density at radius 2 is 0.810 bits per heavy atom. The minimum Gasteiger partial charge on any atom is -0.300 e. The van der Waals surface area contributed by atoms with E-state index in [4.69, 9.17) is 0 Å². The lowest BCUT2D eigenvalue weighted by molar-refractivity contribution is -0.127. The van der Waals surface area contributed by atoms with Gasteiger partial charge in [0.15, 0.2) is 0 Å². The van der Waals surface area contributed by atoms with Gasteiger partial charge in [-0.05, 0) is 6.92 Å². The zero-order valence-corrected chi connectivity index (χ0v) is 12.9. The molecule has 0 amide bonds. The van der Waals surface area contributed by atoms with Crippen LogP contribution in [0.4, 0.5) is 0 Å². The Bertz CT molecular complexity index is 409. The molecule has 0 aromatic heterocycles. The molecule has 0 rings (SSSR count). The summed E-state index contributed by atoms with van der Waals surface area (Å²) in [6, 6.07) is 0. The first-order chi connectivity index (χ1) is 9.85. The maximum absolute atomic E-state index is 11.5. The molecule has 0 aliphatic heterocycles. The Morgan fingerprint density at radius 3 is 1.10 bits per heavy atom. The molecule has 0 unspecified atom stereocenters. The normalized spacial score (nSPS) is 10.2. The van der Waals surface area contributed by atoms with Crippen molar-refractivity contribution >= 4 is 28.9 Å². The molecule has 0 aromatic rings. The van der Waals surface area contributed by atoms with E-state index < -0.39 is 0 Å². The number of carbonyl (C=O) groups is 5. The van der Waals surface area contributed by atoms with E-state index in [0.717, 1.165) is 0 Å². The van der Waals surface area contributed by atoms with Crippen LogP contribution in [0.2, 0.25) is 0 Å². The number of hydrogen-bond acceptors (Lipinski definition) is 5. The van der Waals surface area contributed by atoms with Gasteiger partial charge in [0, 0.05) is 57.8 Å². The quantitative estimate of drug-likeness (QED) is 0.521. The number of Topliss-reactive ketones (excluding diaryl/α,β-unsaturated/α-hetero) is 5. The van der Waals surface area contributed by atoms with E-state index >= 15 is 0 Å². The van der Waals surface area contributed by atoms with E-state index in [1.165, 1.54) is 6.92 Å². The predicted octanol–water partition coefficient (Wildman–Crippen LogP) is 2.38. The van der Waals surface area contributed by atoms with E-state index in [0.29, 0.717) is 6.42 Å². The van der Waals surface area contributed by atoms with Crippen LogP contribution in [0.5, 0.6) is 0 Å². The van der Waals surface area contributed by atoms with Crippen molar-refractivity contribution < 1.29 is 24.0 Å². The van der Waals surface area contributed by atoms with Crippen molar-refractivity contribution in [3.63, 3.8) is 0 Å². The highest BCUT2D eigenvalue weighted by Gasteiger charge is 2.11. The van der Waals surface area contributed by atoms with Crippen molar-refractivity contribution in [3.05, 3.63) is 0 Å². The zero-order chi connectivity index (χ0) is 16.3. The molecule has 0 N–H and O–H groups in total. The summed E-state index contributed by atoms with van der Waals surface area (Å²) >= 11 is 0. The van der Waals surface area contributed by atoms with Crippen molar-refractivity contribution in [2.45, 2.75) is 71.6 Å². The molecule has 0 saturated heterocycles. The molecule has 5 heteroatoms. The monoisotopic (exact) mass is 296 g/mol. The number of ketones is 5. The van der Waals surface area contributed by atoms with Crippen molar-refractivity contribution in [1.82, 2.24) is 0 Å². The molecule has 0 aromatic carbocycles. The topological polar surface area (TPSA) is 85.3 Å². The number of rotatable bonds is 13. The van der Waals surface area contributed by atoms with E-state index in [-0.39, 0.29) is 80.3 Å². The molecule has 0 aliphatic rings. The molecule has 118 valence electrons. The second-order valence-electron chi connectivity index (χ2n) is 5.21. The third-order valence-electron chi connectivity index (χ3n) is 3.20. The molecular formula is C16H24O5. The fraction of sp³-hybridized carbons (Fsp3) is 0.688. The SMILES string of the molecule is CCC(=O)CCC(=O)CCC(=O)CCC(=O)CCC(C)=O. The standard InChI is InChI=1S/C16H24O5/c1-3-13(18)6-7-15(20)10-11-16(21)9-8-14(19)5-4-12(2)17/h3-11H2,1-2H3. The van der Waals surface area contributed by atoms with Crippen LogP contribution in [0.25, 0.3) is 0 Å². The van der Waals surface area contributed by atoms with Gasteiger partial charge in [0.05, 0.1) is 0 Å². The second-order valence-corrected chi connectivity index (χ2v) is 5.21. The third-order valence-corrected chi connectivity index (χ3v) is 3.20. The molecule has 0 saturated carbocycles. The van der Waals surface area contributed by atoms with Gasteiger partial charge in [0.1, 0.15) is 28.9 Å². The van der Waals surface area contributed by atoms with Gasteiger partial charge in [0.2, 0.25) is 0 Å². The van der Waals surface area contributed by atoms with E-state index in [2.05, 4.69) is 0 Å². The van der Waals surface area contributed by atoms with Crippen LogP contribution in [0.15, 0.2) is 0 Å². The highest BCUT2D eigenvalue weighted by atomic mass is 16.1. The summed E-state index contributed by atoms with van der Waals surface area (Å²) in [7, 11) is 0. The summed E-state index contributed by atoms with van der Waals surface area (Å²) in [4.78, 5) is 56.2. The van der Waals surface area contributed by atoms with E-state index in [1.54, 1.807) is 6.92 Å². The molecule has 21 heavy (non-hydrogen) atoms. The number of hydrogen-bond donors (Lipinski definition) is 0.